The van der Waals surface area contributed by atoms with Crippen LogP contribution in [0.15, 0.2) is 0 Å². The molecule has 0 bridgehead atoms. The van der Waals surface area contributed by atoms with Gasteiger partial charge in [-0.15, -0.1) is 11.8 Å². The fourth-order valence-electron chi connectivity index (χ4n) is 6.93. The number of carbonyl (C=O) groups excluding carboxylic acids is 2. The molecule has 304 valence electrons. The predicted octanol–water partition coefficient (Wildman–Crippen LogP) is 15.7. The van der Waals surface area contributed by atoms with E-state index in [9.17, 15) is 9.59 Å². The Hall–Kier alpha value is -0.710. The van der Waals surface area contributed by atoms with Crippen LogP contribution in [0.2, 0.25) is 0 Å². The van der Waals surface area contributed by atoms with Crippen LogP contribution >= 0.6 is 11.8 Å². The Kier molecular flexibility index (Phi) is 43.1. The lowest BCUT2D eigenvalue weighted by molar-refractivity contribution is -0.149. The molecule has 0 heterocycles. The van der Waals surface area contributed by atoms with Crippen molar-refractivity contribution in [2.45, 2.75) is 264 Å². The molecule has 0 N–H and O–H groups in total. The molecule has 5 heteroatoms. The van der Waals surface area contributed by atoms with E-state index in [1.165, 1.54) is 199 Å². The third-order valence-electron chi connectivity index (χ3n) is 10.4. The Balaban J connectivity index is 4.17. The molecule has 0 spiro atoms. The summed E-state index contributed by atoms with van der Waals surface area (Å²) >= 11 is 1.61. The summed E-state index contributed by atoms with van der Waals surface area (Å²) < 4.78 is 11.3. The molecule has 1 atom stereocenters. The van der Waals surface area contributed by atoms with Gasteiger partial charge in [0.2, 0.25) is 0 Å². The van der Waals surface area contributed by atoms with E-state index < -0.39 is 5.25 Å². The molecule has 51 heavy (non-hydrogen) atoms. The smallest absolute Gasteiger partial charge is 0.319 e. The summed E-state index contributed by atoms with van der Waals surface area (Å²) in [4.78, 5) is 25.8. The van der Waals surface area contributed by atoms with Crippen LogP contribution in [-0.2, 0) is 19.1 Å². The van der Waals surface area contributed by atoms with Crippen LogP contribution in [0.1, 0.15) is 258 Å². The van der Waals surface area contributed by atoms with Crippen LogP contribution in [0.4, 0.5) is 0 Å². The summed E-state index contributed by atoms with van der Waals surface area (Å²) in [6, 6.07) is 0. The van der Waals surface area contributed by atoms with Gasteiger partial charge in [0.15, 0.2) is 0 Å². The van der Waals surface area contributed by atoms with Crippen molar-refractivity contribution in [3.05, 3.63) is 0 Å². The van der Waals surface area contributed by atoms with Gasteiger partial charge in [-0.05, 0) is 25.0 Å². The topological polar surface area (TPSA) is 52.6 Å². The number of esters is 2. The van der Waals surface area contributed by atoms with Gasteiger partial charge in [0.1, 0.15) is 5.25 Å². The summed E-state index contributed by atoms with van der Waals surface area (Å²) in [6.45, 7) is 7.76. The molecule has 0 fully saturated rings. The van der Waals surface area contributed by atoms with Gasteiger partial charge in [0.05, 0.1) is 19.6 Å². The Labute approximate surface area is 324 Å². The van der Waals surface area contributed by atoms with Gasteiger partial charge in [0.25, 0.3) is 0 Å². The van der Waals surface area contributed by atoms with Crippen molar-refractivity contribution in [2.24, 2.45) is 0 Å². The van der Waals surface area contributed by atoms with Crippen LogP contribution in [0, 0.1) is 0 Å². The van der Waals surface area contributed by atoms with Crippen LogP contribution in [0.25, 0.3) is 0 Å². The average molecular weight is 739 g/mol. The van der Waals surface area contributed by atoms with E-state index in [4.69, 9.17) is 9.47 Å². The number of hydrogen-bond acceptors (Lipinski definition) is 5. The van der Waals surface area contributed by atoms with E-state index >= 15 is 0 Å². The van der Waals surface area contributed by atoms with Crippen molar-refractivity contribution in [1.29, 1.82) is 0 Å². The maximum atomic E-state index is 13.1. The Bertz CT molecular complexity index is 699. The number of carbonyl (C=O) groups is 2. The highest BCUT2D eigenvalue weighted by Gasteiger charge is 2.24. The Morgan fingerprint density at radius 3 is 0.980 bits per heavy atom. The van der Waals surface area contributed by atoms with E-state index in [0.29, 0.717) is 13.2 Å². The highest BCUT2D eigenvalue weighted by atomic mass is 32.2. The minimum atomic E-state index is -0.440. The standard InChI is InChI=1S/C46H90O4S/c1-4-7-10-13-16-19-22-23-24-25-26-27-30-33-36-39-42-51-44(46(48)50-41-38-35-32-29-21-18-15-12-9-6-3)43-45(47)49-40-37-34-31-28-20-17-14-11-8-5-2/h44H,4-43H2,1-3H3. The second-order valence-electron chi connectivity index (χ2n) is 15.6. The number of rotatable bonds is 43. The lowest BCUT2D eigenvalue weighted by Gasteiger charge is -2.15. The summed E-state index contributed by atoms with van der Waals surface area (Å²) in [6.07, 6.45) is 47.1. The van der Waals surface area contributed by atoms with Gasteiger partial charge in [-0.2, -0.15) is 0 Å². The van der Waals surface area contributed by atoms with Gasteiger partial charge in [0, 0.05) is 0 Å². The average Bonchev–Trinajstić information content (AvgIpc) is 3.13. The van der Waals surface area contributed by atoms with E-state index in [2.05, 4.69) is 20.8 Å². The van der Waals surface area contributed by atoms with E-state index in [1.54, 1.807) is 11.8 Å². The molecule has 0 aromatic heterocycles. The third-order valence-corrected chi connectivity index (χ3v) is 11.7. The van der Waals surface area contributed by atoms with Gasteiger partial charge >= 0.3 is 11.9 Å². The quantitative estimate of drug-likeness (QED) is 0.0460. The van der Waals surface area contributed by atoms with Crippen molar-refractivity contribution in [3.8, 4) is 0 Å². The van der Waals surface area contributed by atoms with E-state index in [1.807, 2.05) is 0 Å². The zero-order chi connectivity index (χ0) is 37.1. The maximum Gasteiger partial charge on any atom is 0.319 e. The van der Waals surface area contributed by atoms with Crippen molar-refractivity contribution in [3.63, 3.8) is 0 Å². The molecular weight excluding hydrogens is 649 g/mol. The van der Waals surface area contributed by atoms with Crippen molar-refractivity contribution in [1.82, 2.24) is 0 Å². The maximum absolute atomic E-state index is 13.1. The number of unbranched alkanes of at least 4 members (excludes halogenated alkanes) is 33. The molecular formula is C46H90O4S. The second kappa shape index (κ2) is 43.7. The molecule has 0 aliphatic heterocycles. The largest absolute Gasteiger partial charge is 0.466 e. The highest BCUT2D eigenvalue weighted by Crippen LogP contribution is 2.21. The highest BCUT2D eigenvalue weighted by molar-refractivity contribution is 8.00. The van der Waals surface area contributed by atoms with E-state index in [-0.39, 0.29) is 18.4 Å². The van der Waals surface area contributed by atoms with Crippen LogP contribution in [0.3, 0.4) is 0 Å². The third kappa shape index (κ3) is 40.3. The first-order valence-electron chi connectivity index (χ1n) is 23.1. The molecule has 0 aromatic rings. The van der Waals surface area contributed by atoms with Crippen LogP contribution in [-0.4, -0.2) is 36.2 Å². The number of ether oxygens (including phenoxy) is 2. The van der Waals surface area contributed by atoms with Gasteiger partial charge in [-0.1, -0.05) is 233 Å². The minimum absolute atomic E-state index is 0.137. The summed E-state index contributed by atoms with van der Waals surface area (Å²) in [5.74, 6) is 0.442. The predicted molar refractivity (Wildman–Crippen MR) is 226 cm³/mol. The molecule has 0 aliphatic carbocycles. The van der Waals surface area contributed by atoms with Gasteiger partial charge in [-0.25, -0.2) is 0 Å². The number of thioether (sulfide) groups is 1. The van der Waals surface area contributed by atoms with Gasteiger partial charge < -0.3 is 9.47 Å². The first kappa shape index (κ1) is 50.3. The fourth-order valence-corrected chi connectivity index (χ4v) is 8.04. The molecule has 0 amide bonds. The lowest BCUT2D eigenvalue weighted by atomic mass is 10.0. The molecule has 0 rings (SSSR count). The molecule has 0 aromatic carbocycles. The Morgan fingerprint density at radius 2 is 0.647 bits per heavy atom. The van der Waals surface area contributed by atoms with Gasteiger partial charge in [-0.3, -0.25) is 9.59 Å². The Morgan fingerprint density at radius 1 is 0.373 bits per heavy atom. The molecule has 1 unspecified atom stereocenters. The van der Waals surface area contributed by atoms with Crippen LogP contribution < -0.4 is 0 Å². The molecule has 0 saturated carbocycles. The van der Waals surface area contributed by atoms with Crippen molar-refractivity contribution < 1.29 is 19.1 Å². The number of hydrogen-bond donors (Lipinski definition) is 0. The molecule has 0 radical (unpaired) electrons. The second-order valence-corrected chi connectivity index (χ2v) is 16.9. The minimum Gasteiger partial charge on any atom is -0.466 e. The van der Waals surface area contributed by atoms with E-state index in [0.717, 1.165) is 37.9 Å². The molecule has 0 saturated heterocycles. The molecule has 4 nitrogen and oxygen atoms in total. The zero-order valence-electron chi connectivity index (χ0n) is 34.9. The van der Waals surface area contributed by atoms with Crippen LogP contribution in [0.5, 0.6) is 0 Å². The monoisotopic (exact) mass is 739 g/mol. The fraction of sp³-hybridized carbons (Fsp3) is 0.957. The first-order chi connectivity index (χ1) is 25.2. The normalized spacial score (nSPS) is 12.0. The van der Waals surface area contributed by atoms with Crippen molar-refractivity contribution in [2.75, 3.05) is 19.0 Å². The summed E-state index contributed by atoms with van der Waals surface area (Å²) in [5, 5.41) is -0.440. The molecule has 0 aliphatic rings. The lowest BCUT2D eigenvalue weighted by Crippen LogP contribution is -2.25. The zero-order valence-corrected chi connectivity index (χ0v) is 35.7. The summed E-state index contributed by atoms with van der Waals surface area (Å²) in [7, 11) is 0. The summed E-state index contributed by atoms with van der Waals surface area (Å²) in [5.41, 5.74) is 0. The first-order valence-corrected chi connectivity index (χ1v) is 24.1. The van der Waals surface area contributed by atoms with Crippen molar-refractivity contribution >= 4 is 23.7 Å². The SMILES string of the molecule is CCCCCCCCCCCCCCCCCCSC(CC(=O)OCCCCCCCCCCCC)C(=O)OCCCCCCCCCCCC.